The van der Waals surface area contributed by atoms with Gasteiger partial charge in [0.2, 0.25) is 5.82 Å². The summed E-state index contributed by atoms with van der Waals surface area (Å²) < 4.78 is 5.23. The highest BCUT2D eigenvalue weighted by Crippen LogP contribution is 2.19. The van der Waals surface area contributed by atoms with Gasteiger partial charge in [0, 0.05) is 11.3 Å². The van der Waals surface area contributed by atoms with Crippen LogP contribution in [0.4, 0.5) is 5.69 Å². The second kappa shape index (κ2) is 8.74. The Balaban J connectivity index is 1.33. The number of aromatic nitrogens is 4. The number of nitrogens with one attached hydrogen (secondary N) is 1. The SMILES string of the molecule is Cc1ccc(-c2nnn(CC(=O)O[C@@H](C)C(=O)Nc3ccc4ccccc4c3)n2)cc1. The Morgan fingerprint density at radius 1 is 1.03 bits per heavy atom. The van der Waals surface area contributed by atoms with Crippen LogP contribution in [0.3, 0.4) is 0 Å². The molecular formula is C23H21N5O3. The first kappa shape index (κ1) is 20.2. The van der Waals surface area contributed by atoms with Crippen molar-refractivity contribution in [2.75, 3.05) is 5.32 Å². The molecule has 0 unspecified atom stereocenters. The number of benzene rings is 3. The van der Waals surface area contributed by atoms with Gasteiger partial charge in [-0.2, -0.15) is 4.80 Å². The summed E-state index contributed by atoms with van der Waals surface area (Å²) >= 11 is 0. The van der Waals surface area contributed by atoms with Gasteiger partial charge in [-0.1, -0.05) is 60.2 Å². The highest BCUT2D eigenvalue weighted by Gasteiger charge is 2.19. The van der Waals surface area contributed by atoms with Crippen molar-refractivity contribution >= 4 is 28.3 Å². The molecule has 3 aromatic carbocycles. The van der Waals surface area contributed by atoms with E-state index in [2.05, 4.69) is 20.7 Å². The largest absolute Gasteiger partial charge is 0.451 e. The number of nitrogens with zero attached hydrogens (tertiary/aromatic N) is 4. The monoisotopic (exact) mass is 415 g/mol. The zero-order chi connectivity index (χ0) is 21.8. The molecule has 0 spiro atoms. The van der Waals surface area contributed by atoms with Gasteiger partial charge in [0.25, 0.3) is 5.91 Å². The Labute approximate surface area is 178 Å². The van der Waals surface area contributed by atoms with Crippen molar-refractivity contribution in [3.8, 4) is 11.4 Å². The van der Waals surface area contributed by atoms with E-state index < -0.39 is 18.0 Å². The van der Waals surface area contributed by atoms with Gasteiger partial charge in [-0.3, -0.25) is 4.79 Å². The number of ether oxygens (including phenoxy) is 1. The van der Waals surface area contributed by atoms with Crippen molar-refractivity contribution in [1.29, 1.82) is 0 Å². The van der Waals surface area contributed by atoms with E-state index in [1.54, 1.807) is 6.07 Å². The fourth-order valence-corrected chi connectivity index (χ4v) is 3.04. The number of anilines is 1. The van der Waals surface area contributed by atoms with Crippen LogP contribution in [0.2, 0.25) is 0 Å². The molecule has 1 heterocycles. The number of hydrogen-bond donors (Lipinski definition) is 1. The summed E-state index contributed by atoms with van der Waals surface area (Å²) in [5, 5.41) is 16.9. The van der Waals surface area contributed by atoms with Crippen LogP contribution < -0.4 is 5.32 Å². The van der Waals surface area contributed by atoms with Crippen LogP contribution in [0.5, 0.6) is 0 Å². The molecule has 1 atom stereocenters. The summed E-state index contributed by atoms with van der Waals surface area (Å²) in [5.74, 6) is -0.639. The molecule has 8 nitrogen and oxygen atoms in total. The van der Waals surface area contributed by atoms with Crippen molar-refractivity contribution in [2.45, 2.75) is 26.5 Å². The third-order valence-electron chi connectivity index (χ3n) is 4.73. The van der Waals surface area contributed by atoms with E-state index in [1.807, 2.05) is 67.6 Å². The summed E-state index contributed by atoms with van der Waals surface area (Å²) in [7, 11) is 0. The Kier molecular flexibility index (Phi) is 5.70. The zero-order valence-corrected chi connectivity index (χ0v) is 17.1. The summed E-state index contributed by atoms with van der Waals surface area (Å²) in [6.07, 6.45) is -0.973. The molecule has 4 aromatic rings. The first-order valence-electron chi connectivity index (χ1n) is 9.82. The molecule has 0 radical (unpaired) electrons. The predicted octanol–water partition coefficient (Wildman–Crippen LogP) is 3.37. The number of esters is 1. The molecule has 8 heteroatoms. The Hall–Kier alpha value is -4.07. The molecule has 0 saturated carbocycles. The van der Waals surface area contributed by atoms with E-state index in [1.165, 1.54) is 6.92 Å². The second-order valence-electron chi connectivity index (χ2n) is 7.19. The lowest BCUT2D eigenvalue weighted by molar-refractivity contribution is -0.154. The molecule has 1 aromatic heterocycles. The molecule has 0 bridgehead atoms. The third-order valence-corrected chi connectivity index (χ3v) is 4.73. The van der Waals surface area contributed by atoms with Crippen molar-refractivity contribution < 1.29 is 14.3 Å². The molecule has 0 fully saturated rings. The average molecular weight is 415 g/mol. The second-order valence-corrected chi connectivity index (χ2v) is 7.19. The molecule has 4 rings (SSSR count). The topological polar surface area (TPSA) is 99.0 Å². The van der Waals surface area contributed by atoms with E-state index in [0.717, 1.165) is 26.7 Å². The molecule has 1 N–H and O–H groups in total. The lowest BCUT2D eigenvalue weighted by atomic mass is 10.1. The summed E-state index contributed by atoms with van der Waals surface area (Å²) in [5.41, 5.74) is 2.55. The maximum absolute atomic E-state index is 12.4. The van der Waals surface area contributed by atoms with Gasteiger partial charge in [-0.05, 0) is 42.0 Å². The fraction of sp³-hybridized carbons (Fsp3) is 0.174. The lowest BCUT2D eigenvalue weighted by Crippen LogP contribution is -2.31. The van der Waals surface area contributed by atoms with Crippen LogP contribution >= 0.6 is 0 Å². The molecular weight excluding hydrogens is 394 g/mol. The Bertz CT molecular complexity index is 1230. The van der Waals surface area contributed by atoms with Crippen LogP contribution in [0.25, 0.3) is 22.2 Å². The van der Waals surface area contributed by atoms with E-state index >= 15 is 0 Å². The summed E-state index contributed by atoms with van der Waals surface area (Å²) in [6.45, 7) is 3.26. The normalized spacial score (nSPS) is 11.8. The standard InChI is InChI=1S/C23H21N5O3/c1-15-7-9-18(10-8-15)22-25-27-28(26-22)14-21(29)31-16(2)23(30)24-20-12-11-17-5-3-4-6-19(17)13-20/h3-13,16H,14H2,1-2H3,(H,24,30)/t16-/m0/s1. The van der Waals surface area contributed by atoms with Gasteiger partial charge in [-0.15, -0.1) is 10.2 Å². The van der Waals surface area contributed by atoms with Gasteiger partial charge in [0.15, 0.2) is 12.6 Å². The molecule has 1 amide bonds. The first-order chi connectivity index (χ1) is 15.0. The molecule has 0 aliphatic rings. The molecule has 0 aliphatic carbocycles. The average Bonchev–Trinajstić information content (AvgIpc) is 3.22. The number of carbonyl (C=O) groups is 2. The summed E-state index contributed by atoms with van der Waals surface area (Å²) in [6, 6.07) is 21.1. The highest BCUT2D eigenvalue weighted by molar-refractivity contribution is 5.97. The number of tetrazole rings is 1. The maximum atomic E-state index is 12.4. The quantitative estimate of drug-likeness (QED) is 0.485. The fourth-order valence-electron chi connectivity index (χ4n) is 3.04. The van der Waals surface area contributed by atoms with Gasteiger partial charge >= 0.3 is 5.97 Å². The molecule has 156 valence electrons. The number of carbonyl (C=O) groups excluding carboxylic acids is 2. The number of fused-ring (bicyclic) bond motifs is 1. The van der Waals surface area contributed by atoms with Crippen molar-refractivity contribution in [3.05, 3.63) is 72.3 Å². The number of aryl methyl sites for hydroxylation is 1. The van der Waals surface area contributed by atoms with Crippen molar-refractivity contribution in [3.63, 3.8) is 0 Å². The first-order valence-corrected chi connectivity index (χ1v) is 9.82. The molecule has 0 saturated heterocycles. The Morgan fingerprint density at radius 2 is 1.77 bits per heavy atom. The minimum Gasteiger partial charge on any atom is -0.451 e. The van der Waals surface area contributed by atoms with Gasteiger partial charge in [0.05, 0.1) is 0 Å². The van der Waals surface area contributed by atoms with Gasteiger partial charge < -0.3 is 10.1 Å². The minimum absolute atomic E-state index is 0.244. The van der Waals surface area contributed by atoms with Crippen LogP contribution in [-0.2, 0) is 20.9 Å². The van der Waals surface area contributed by atoms with Crippen LogP contribution in [0.15, 0.2) is 66.7 Å². The van der Waals surface area contributed by atoms with Gasteiger partial charge in [-0.25, -0.2) is 4.79 Å². The number of rotatable bonds is 6. The predicted molar refractivity (Wildman–Crippen MR) is 116 cm³/mol. The smallest absolute Gasteiger partial charge is 0.330 e. The number of hydrogen-bond acceptors (Lipinski definition) is 6. The molecule has 0 aliphatic heterocycles. The van der Waals surface area contributed by atoms with E-state index in [9.17, 15) is 9.59 Å². The van der Waals surface area contributed by atoms with Gasteiger partial charge in [0.1, 0.15) is 0 Å². The van der Waals surface area contributed by atoms with E-state index in [0.29, 0.717) is 11.5 Å². The highest BCUT2D eigenvalue weighted by atomic mass is 16.5. The lowest BCUT2D eigenvalue weighted by Gasteiger charge is -2.13. The van der Waals surface area contributed by atoms with Crippen LogP contribution in [0, 0.1) is 6.92 Å². The van der Waals surface area contributed by atoms with Crippen molar-refractivity contribution in [2.24, 2.45) is 0 Å². The summed E-state index contributed by atoms with van der Waals surface area (Å²) in [4.78, 5) is 25.8. The van der Waals surface area contributed by atoms with Crippen LogP contribution in [0.1, 0.15) is 12.5 Å². The zero-order valence-electron chi connectivity index (χ0n) is 17.1. The minimum atomic E-state index is -0.973. The third kappa shape index (κ3) is 4.92. The maximum Gasteiger partial charge on any atom is 0.330 e. The van der Waals surface area contributed by atoms with E-state index in [4.69, 9.17) is 4.74 Å². The Morgan fingerprint density at radius 3 is 2.55 bits per heavy atom. The molecule has 31 heavy (non-hydrogen) atoms. The van der Waals surface area contributed by atoms with Crippen LogP contribution in [-0.4, -0.2) is 38.2 Å². The van der Waals surface area contributed by atoms with E-state index in [-0.39, 0.29) is 6.54 Å². The number of amides is 1. The van der Waals surface area contributed by atoms with Crippen molar-refractivity contribution in [1.82, 2.24) is 20.2 Å².